The van der Waals surface area contributed by atoms with E-state index in [0.717, 1.165) is 21.6 Å². The zero-order valence-corrected chi connectivity index (χ0v) is 17.6. The number of aromatic nitrogens is 3. The number of fused-ring (bicyclic) bond motifs is 1. The van der Waals surface area contributed by atoms with Crippen LogP contribution in [0, 0.1) is 0 Å². The van der Waals surface area contributed by atoms with Crippen molar-refractivity contribution >= 4 is 17.7 Å². The summed E-state index contributed by atoms with van der Waals surface area (Å²) in [5.41, 5.74) is 4.44. The Morgan fingerprint density at radius 1 is 1.06 bits per heavy atom. The smallest absolute Gasteiger partial charge is 0.273 e. The number of amides is 1. The van der Waals surface area contributed by atoms with Crippen LogP contribution in [0.3, 0.4) is 0 Å². The fourth-order valence-corrected chi connectivity index (χ4v) is 4.46. The Balaban J connectivity index is 1.66. The number of hydrogen-bond donors (Lipinski definition) is 2. The summed E-state index contributed by atoms with van der Waals surface area (Å²) in [6, 6.07) is 18.8. The first kappa shape index (κ1) is 19.4. The van der Waals surface area contributed by atoms with E-state index in [1.54, 1.807) is 36.3 Å². The number of rotatable bonds is 5. The molecule has 0 spiro atoms. The minimum absolute atomic E-state index is 0.111. The van der Waals surface area contributed by atoms with Gasteiger partial charge in [-0.3, -0.25) is 14.9 Å². The molecule has 7 heteroatoms. The SMILES string of the molecule is CSc1ccc([C@@H]2c3c(-c4ccccc4O)n[nH]c3C(=O)N2Cc2ccncc2)cc1. The Bertz CT molecular complexity index is 1240. The number of carbonyl (C=O) groups is 1. The average Bonchev–Trinajstić information content (AvgIpc) is 3.34. The van der Waals surface area contributed by atoms with E-state index in [-0.39, 0.29) is 17.7 Å². The molecule has 2 aromatic heterocycles. The highest BCUT2D eigenvalue weighted by molar-refractivity contribution is 7.98. The van der Waals surface area contributed by atoms with E-state index in [1.807, 2.05) is 35.4 Å². The Morgan fingerprint density at radius 3 is 2.52 bits per heavy atom. The molecule has 0 fully saturated rings. The van der Waals surface area contributed by atoms with Crippen molar-refractivity contribution in [3.8, 4) is 17.0 Å². The molecule has 0 unspecified atom stereocenters. The first-order chi connectivity index (χ1) is 15.2. The number of nitrogens with one attached hydrogen (secondary N) is 1. The number of nitrogens with zero attached hydrogens (tertiary/aromatic N) is 3. The number of aromatic hydroxyl groups is 1. The zero-order chi connectivity index (χ0) is 21.4. The van der Waals surface area contributed by atoms with Gasteiger partial charge in [0.1, 0.15) is 17.1 Å². The van der Waals surface area contributed by atoms with Gasteiger partial charge in [-0.15, -0.1) is 11.8 Å². The predicted octanol–water partition coefficient (Wildman–Crippen LogP) is 4.64. The summed E-state index contributed by atoms with van der Waals surface area (Å²) < 4.78 is 0. The Hall–Kier alpha value is -3.58. The third-order valence-corrected chi connectivity index (χ3v) is 6.30. The maximum atomic E-state index is 13.4. The van der Waals surface area contributed by atoms with Gasteiger partial charge in [-0.25, -0.2) is 0 Å². The first-order valence-electron chi connectivity index (χ1n) is 9.88. The fraction of sp³-hybridized carbons (Fsp3) is 0.125. The van der Waals surface area contributed by atoms with Crippen LogP contribution in [0.4, 0.5) is 0 Å². The molecule has 0 radical (unpaired) electrons. The van der Waals surface area contributed by atoms with E-state index in [1.165, 1.54) is 0 Å². The highest BCUT2D eigenvalue weighted by Crippen LogP contribution is 2.45. The number of phenols is 1. The number of para-hydroxylation sites is 1. The van der Waals surface area contributed by atoms with E-state index in [0.29, 0.717) is 23.5 Å². The van der Waals surface area contributed by atoms with Crippen LogP contribution in [0.5, 0.6) is 5.75 Å². The van der Waals surface area contributed by atoms with Gasteiger partial charge in [-0.2, -0.15) is 5.10 Å². The summed E-state index contributed by atoms with van der Waals surface area (Å²) in [5.74, 6) is 0.0215. The second-order valence-corrected chi connectivity index (χ2v) is 8.22. The number of H-pyrrole nitrogens is 1. The maximum absolute atomic E-state index is 13.4. The van der Waals surface area contributed by atoms with Crippen molar-refractivity contribution in [2.45, 2.75) is 17.5 Å². The van der Waals surface area contributed by atoms with E-state index < -0.39 is 0 Å². The van der Waals surface area contributed by atoms with E-state index in [9.17, 15) is 9.90 Å². The lowest BCUT2D eigenvalue weighted by Crippen LogP contribution is -2.29. The monoisotopic (exact) mass is 428 g/mol. The molecule has 1 atom stereocenters. The van der Waals surface area contributed by atoms with Crippen molar-refractivity contribution in [3.63, 3.8) is 0 Å². The normalized spacial score (nSPS) is 15.3. The van der Waals surface area contributed by atoms with Crippen LogP contribution in [-0.2, 0) is 6.54 Å². The summed E-state index contributed by atoms with van der Waals surface area (Å²) in [7, 11) is 0. The second kappa shape index (κ2) is 7.92. The summed E-state index contributed by atoms with van der Waals surface area (Å²) in [5, 5.41) is 17.8. The van der Waals surface area contributed by atoms with E-state index in [4.69, 9.17) is 0 Å². The molecule has 0 saturated carbocycles. The van der Waals surface area contributed by atoms with Gasteiger partial charge in [0, 0.05) is 35.0 Å². The number of thioether (sulfide) groups is 1. The molecule has 154 valence electrons. The number of pyridine rings is 1. The van der Waals surface area contributed by atoms with Gasteiger partial charge in [-0.05, 0) is 53.8 Å². The molecule has 31 heavy (non-hydrogen) atoms. The molecule has 2 N–H and O–H groups in total. The molecule has 0 aliphatic carbocycles. The minimum atomic E-state index is -0.320. The molecule has 2 aromatic carbocycles. The van der Waals surface area contributed by atoms with Crippen molar-refractivity contribution in [1.82, 2.24) is 20.1 Å². The molecular formula is C24H20N4O2S. The largest absolute Gasteiger partial charge is 0.507 e. The van der Waals surface area contributed by atoms with Crippen molar-refractivity contribution in [2.75, 3.05) is 6.26 Å². The fourth-order valence-electron chi connectivity index (χ4n) is 4.06. The number of benzene rings is 2. The predicted molar refractivity (Wildman–Crippen MR) is 120 cm³/mol. The van der Waals surface area contributed by atoms with Gasteiger partial charge < -0.3 is 10.0 Å². The summed E-state index contributed by atoms with van der Waals surface area (Å²) in [4.78, 5) is 20.5. The second-order valence-electron chi connectivity index (χ2n) is 7.34. The van der Waals surface area contributed by atoms with Gasteiger partial charge >= 0.3 is 0 Å². The Kier molecular flexibility index (Phi) is 4.95. The van der Waals surface area contributed by atoms with Crippen LogP contribution >= 0.6 is 11.8 Å². The van der Waals surface area contributed by atoms with Crippen LogP contribution in [0.2, 0.25) is 0 Å². The molecule has 1 amide bonds. The van der Waals surface area contributed by atoms with E-state index in [2.05, 4.69) is 39.4 Å². The lowest BCUT2D eigenvalue weighted by Gasteiger charge is -2.26. The van der Waals surface area contributed by atoms with Crippen LogP contribution in [0.1, 0.15) is 33.2 Å². The van der Waals surface area contributed by atoms with Crippen LogP contribution < -0.4 is 0 Å². The lowest BCUT2D eigenvalue weighted by molar-refractivity contribution is 0.0730. The average molecular weight is 429 g/mol. The molecule has 4 aromatic rings. The van der Waals surface area contributed by atoms with Crippen molar-refractivity contribution in [1.29, 1.82) is 0 Å². The molecule has 1 aliphatic heterocycles. The molecule has 0 saturated heterocycles. The van der Waals surface area contributed by atoms with Crippen LogP contribution in [-0.4, -0.2) is 37.4 Å². The number of hydrogen-bond acceptors (Lipinski definition) is 5. The minimum Gasteiger partial charge on any atom is -0.507 e. The highest BCUT2D eigenvalue weighted by Gasteiger charge is 2.42. The van der Waals surface area contributed by atoms with E-state index >= 15 is 0 Å². The van der Waals surface area contributed by atoms with Gasteiger partial charge in [0.15, 0.2) is 0 Å². The summed E-state index contributed by atoms with van der Waals surface area (Å²) in [6.07, 6.45) is 5.49. The van der Waals surface area contributed by atoms with Crippen molar-refractivity contribution < 1.29 is 9.90 Å². The number of carbonyl (C=O) groups excluding carboxylic acids is 1. The standard InChI is InChI=1S/C24H20N4O2S/c1-31-17-8-6-16(7-9-17)23-20-21(18-4-2-3-5-19(18)29)26-27-22(20)24(30)28(23)14-15-10-12-25-13-11-15/h2-13,23,29H,14H2,1H3,(H,26,27)/t23-/m1/s1. The van der Waals surface area contributed by atoms with Gasteiger partial charge in [0.2, 0.25) is 0 Å². The molecule has 6 nitrogen and oxygen atoms in total. The number of phenolic OH excluding ortho intramolecular Hbond substituents is 1. The van der Waals surface area contributed by atoms with Gasteiger partial charge in [0.25, 0.3) is 5.91 Å². The van der Waals surface area contributed by atoms with Crippen molar-refractivity contribution in [3.05, 3.63) is 95.4 Å². The lowest BCUT2D eigenvalue weighted by atomic mass is 9.95. The molecule has 3 heterocycles. The van der Waals surface area contributed by atoms with Crippen LogP contribution in [0.15, 0.2) is 78.0 Å². The first-order valence-corrected chi connectivity index (χ1v) is 11.1. The quantitative estimate of drug-likeness (QED) is 0.453. The highest BCUT2D eigenvalue weighted by atomic mass is 32.2. The van der Waals surface area contributed by atoms with Crippen LogP contribution in [0.25, 0.3) is 11.3 Å². The molecular weight excluding hydrogens is 408 g/mol. The third-order valence-electron chi connectivity index (χ3n) is 5.56. The zero-order valence-electron chi connectivity index (χ0n) is 16.8. The van der Waals surface area contributed by atoms with Gasteiger partial charge in [-0.1, -0.05) is 24.3 Å². The summed E-state index contributed by atoms with van der Waals surface area (Å²) >= 11 is 1.67. The molecule has 5 rings (SSSR count). The van der Waals surface area contributed by atoms with Crippen molar-refractivity contribution in [2.24, 2.45) is 0 Å². The molecule has 0 bridgehead atoms. The Labute approximate surface area is 184 Å². The maximum Gasteiger partial charge on any atom is 0.273 e. The van der Waals surface area contributed by atoms with Gasteiger partial charge in [0.05, 0.1) is 6.04 Å². The summed E-state index contributed by atoms with van der Waals surface area (Å²) in [6.45, 7) is 0.443. The Morgan fingerprint density at radius 2 is 1.81 bits per heavy atom. The third kappa shape index (κ3) is 3.37. The number of aromatic amines is 1. The topological polar surface area (TPSA) is 82.1 Å². The molecule has 1 aliphatic rings.